The molecule has 1 amide bonds. The summed E-state index contributed by atoms with van der Waals surface area (Å²) in [6, 6.07) is 11.6. The topological polar surface area (TPSA) is 80.2 Å². The lowest BCUT2D eigenvalue weighted by atomic mass is 9.74. The van der Waals surface area contributed by atoms with Gasteiger partial charge in [0.1, 0.15) is 23.1 Å². The van der Waals surface area contributed by atoms with Crippen molar-refractivity contribution in [3.63, 3.8) is 0 Å². The van der Waals surface area contributed by atoms with E-state index >= 15 is 0 Å². The standard InChI is InChI=1S/C23H23N5O2/c1-15-12-18(13-16(2)26-15)30-17-5-6-20(25-14-17)28-10-7-23(8-11-28)19-4-3-9-24-21(19)27-22(23)29/h3-6,9,12-14H,7-8,10-11H2,1-2H3,(H,24,27,29). The number of ether oxygens (including phenoxy) is 1. The molecule has 0 atom stereocenters. The number of nitrogens with one attached hydrogen (secondary N) is 1. The first-order valence-electron chi connectivity index (χ1n) is 10.1. The number of aromatic nitrogens is 3. The molecule has 1 saturated heterocycles. The highest BCUT2D eigenvalue weighted by molar-refractivity contribution is 6.05. The molecule has 5 rings (SSSR count). The maximum atomic E-state index is 12.7. The van der Waals surface area contributed by atoms with Crippen molar-refractivity contribution < 1.29 is 9.53 Å². The maximum absolute atomic E-state index is 12.7. The molecule has 3 aromatic rings. The van der Waals surface area contributed by atoms with Crippen LogP contribution in [-0.4, -0.2) is 33.9 Å². The largest absolute Gasteiger partial charge is 0.456 e. The molecule has 30 heavy (non-hydrogen) atoms. The molecule has 0 unspecified atom stereocenters. The fourth-order valence-electron chi connectivity index (χ4n) is 4.47. The molecule has 1 spiro atoms. The van der Waals surface area contributed by atoms with Gasteiger partial charge in [0.25, 0.3) is 0 Å². The maximum Gasteiger partial charge on any atom is 0.236 e. The second kappa shape index (κ2) is 7.09. The minimum Gasteiger partial charge on any atom is -0.456 e. The molecule has 0 aliphatic carbocycles. The highest BCUT2D eigenvalue weighted by Crippen LogP contribution is 2.44. The van der Waals surface area contributed by atoms with E-state index in [9.17, 15) is 4.79 Å². The van der Waals surface area contributed by atoms with Crippen molar-refractivity contribution in [2.24, 2.45) is 0 Å². The van der Waals surface area contributed by atoms with Crippen molar-refractivity contribution in [3.05, 3.63) is 65.7 Å². The summed E-state index contributed by atoms with van der Waals surface area (Å²) in [6.45, 7) is 5.42. The Bertz CT molecular complexity index is 1080. The molecular weight excluding hydrogens is 378 g/mol. The Hall–Kier alpha value is -3.48. The number of amides is 1. The van der Waals surface area contributed by atoms with E-state index in [0.29, 0.717) is 11.6 Å². The minimum absolute atomic E-state index is 0.0653. The van der Waals surface area contributed by atoms with E-state index in [1.165, 1.54) is 0 Å². The lowest BCUT2D eigenvalue weighted by molar-refractivity contribution is -0.121. The molecule has 1 fully saturated rings. The number of pyridine rings is 3. The van der Waals surface area contributed by atoms with Crippen LogP contribution in [0, 0.1) is 13.8 Å². The van der Waals surface area contributed by atoms with Crippen LogP contribution < -0.4 is 15.0 Å². The Morgan fingerprint density at radius 2 is 1.80 bits per heavy atom. The number of carbonyl (C=O) groups excluding carboxylic acids is 1. The first-order valence-corrected chi connectivity index (χ1v) is 10.1. The Balaban J connectivity index is 1.28. The number of aryl methyl sites for hydroxylation is 2. The molecular formula is C23H23N5O2. The van der Waals surface area contributed by atoms with Crippen molar-refractivity contribution >= 4 is 17.5 Å². The quantitative estimate of drug-likeness (QED) is 0.720. The first kappa shape index (κ1) is 18.5. The van der Waals surface area contributed by atoms with Gasteiger partial charge in [0, 0.05) is 48.4 Å². The van der Waals surface area contributed by atoms with E-state index in [1.54, 1.807) is 12.4 Å². The molecule has 2 aliphatic heterocycles. The summed E-state index contributed by atoms with van der Waals surface area (Å²) in [5.41, 5.74) is 2.39. The third kappa shape index (κ3) is 3.16. The number of hydrogen-bond acceptors (Lipinski definition) is 6. The van der Waals surface area contributed by atoms with Gasteiger partial charge < -0.3 is 15.0 Å². The molecule has 7 heteroatoms. The second-order valence-electron chi connectivity index (χ2n) is 7.96. The van der Waals surface area contributed by atoms with E-state index in [0.717, 1.165) is 54.4 Å². The van der Waals surface area contributed by atoms with Crippen molar-refractivity contribution in [2.45, 2.75) is 32.1 Å². The van der Waals surface area contributed by atoms with Crippen LogP contribution in [0.5, 0.6) is 11.5 Å². The Kier molecular flexibility index (Phi) is 4.38. The molecule has 1 N–H and O–H groups in total. The van der Waals surface area contributed by atoms with E-state index in [2.05, 4.69) is 25.2 Å². The third-order valence-electron chi connectivity index (χ3n) is 5.94. The summed E-state index contributed by atoms with van der Waals surface area (Å²) < 4.78 is 5.93. The van der Waals surface area contributed by atoms with Crippen LogP contribution in [0.1, 0.15) is 29.8 Å². The molecule has 7 nitrogen and oxygen atoms in total. The van der Waals surface area contributed by atoms with Gasteiger partial charge in [-0.05, 0) is 44.9 Å². The van der Waals surface area contributed by atoms with Gasteiger partial charge >= 0.3 is 0 Å². The van der Waals surface area contributed by atoms with Gasteiger partial charge in [0.05, 0.1) is 11.6 Å². The Morgan fingerprint density at radius 1 is 1.03 bits per heavy atom. The average molecular weight is 401 g/mol. The highest BCUT2D eigenvalue weighted by atomic mass is 16.5. The van der Waals surface area contributed by atoms with Crippen LogP contribution in [0.4, 0.5) is 11.6 Å². The van der Waals surface area contributed by atoms with Crippen LogP contribution in [0.3, 0.4) is 0 Å². The number of anilines is 2. The van der Waals surface area contributed by atoms with Gasteiger partial charge in [0.15, 0.2) is 0 Å². The van der Waals surface area contributed by atoms with Gasteiger partial charge in [-0.25, -0.2) is 9.97 Å². The van der Waals surface area contributed by atoms with Gasteiger partial charge in [-0.15, -0.1) is 0 Å². The van der Waals surface area contributed by atoms with Gasteiger partial charge in [-0.3, -0.25) is 9.78 Å². The molecule has 3 aromatic heterocycles. The molecule has 152 valence electrons. The zero-order chi connectivity index (χ0) is 20.7. The number of carbonyl (C=O) groups is 1. The number of fused-ring (bicyclic) bond motifs is 2. The molecule has 0 aromatic carbocycles. The minimum atomic E-state index is -0.472. The lowest BCUT2D eigenvalue weighted by Crippen LogP contribution is -2.46. The molecule has 2 aliphatic rings. The fourth-order valence-corrected chi connectivity index (χ4v) is 4.47. The molecule has 0 saturated carbocycles. The van der Waals surface area contributed by atoms with Crippen molar-refractivity contribution in [1.29, 1.82) is 0 Å². The van der Waals surface area contributed by atoms with Crippen LogP contribution >= 0.6 is 0 Å². The Labute approximate surface area is 175 Å². The molecule has 0 bridgehead atoms. The summed E-state index contributed by atoms with van der Waals surface area (Å²) in [4.78, 5) is 28.2. The first-order chi connectivity index (χ1) is 14.5. The van der Waals surface area contributed by atoms with Crippen molar-refractivity contribution in [2.75, 3.05) is 23.3 Å². The fraction of sp³-hybridized carbons (Fsp3) is 0.304. The van der Waals surface area contributed by atoms with Crippen LogP contribution in [0.2, 0.25) is 0 Å². The highest BCUT2D eigenvalue weighted by Gasteiger charge is 2.49. The third-order valence-corrected chi connectivity index (χ3v) is 5.94. The number of rotatable bonds is 3. The average Bonchev–Trinajstić information content (AvgIpc) is 3.00. The number of hydrogen-bond donors (Lipinski definition) is 1. The normalized spacial score (nSPS) is 17.0. The lowest BCUT2D eigenvalue weighted by Gasteiger charge is -2.38. The molecule has 0 radical (unpaired) electrons. The number of piperidine rings is 1. The summed E-state index contributed by atoms with van der Waals surface area (Å²) in [7, 11) is 0. The van der Waals surface area contributed by atoms with E-state index < -0.39 is 5.41 Å². The smallest absolute Gasteiger partial charge is 0.236 e. The summed E-state index contributed by atoms with van der Waals surface area (Å²) in [6.07, 6.45) is 4.95. The van der Waals surface area contributed by atoms with Gasteiger partial charge in [-0.1, -0.05) is 6.07 Å². The summed E-state index contributed by atoms with van der Waals surface area (Å²) in [5.74, 6) is 3.11. The number of nitrogens with zero attached hydrogens (tertiary/aromatic N) is 4. The van der Waals surface area contributed by atoms with E-state index in [-0.39, 0.29) is 5.91 Å². The zero-order valence-electron chi connectivity index (χ0n) is 17.1. The molecule has 5 heterocycles. The predicted octanol–water partition coefficient (Wildman–Crippen LogP) is 3.77. The monoisotopic (exact) mass is 401 g/mol. The van der Waals surface area contributed by atoms with Gasteiger partial charge in [0.2, 0.25) is 5.91 Å². The van der Waals surface area contributed by atoms with Gasteiger partial charge in [-0.2, -0.15) is 0 Å². The summed E-state index contributed by atoms with van der Waals surface area (Å²) >= 11 is 0. The van der Waals surface area contributed by atoms with Crippen molar-refractivity contribution in [3.8, 4) is 11.5 Å². The SMILES string of the molecule is Cc1cc(Oc2ccc(N3CCC4(CC3)C(=O)Nc3ncccc34)nc2)cc(C)n1. The van der Waals surface area contributed by atoms with Crippen LogP contribution in [0.25, 0.3) is 0 Å². The van der Waals surface area contributed by atoms with E-state index in [4.69, 9.17) is 4.74 Å². The van der Waals surface area contributed by atoms with E-state index in [1.807, 2.05) is 50.2 Å². The Morgan fingerprint density at radius 3 is 2.50 bits per heavy atom. The summed E-state index contributed by atoms with van der Waals surface area (Å²) in [5, 5.41) is 2.95. The predicted molar refractivity (Wildman–Crippen MR) is 114 cm³/mol. The van der Waals surface area contributed by atoms with Crippen molar-refractivity contribution in [1.82, 2.24) is 15.0 Å². The van der Waals surface area contributed by atoms with Crippen LogP contribution in [-0.2, 0) is 10.2 Å². The second-order valence-corrected chi connectivity index (χ2v) is 7.96. The zero-order valence-corrected chi connectivity index (χ0v) is 17.1. The van der Waals surface area contributed by atoms with Crippen LogP contribution in [0.15, 0.2) is 48.8 Å².